The van der Waals surface area contributed by atoms with E-state index >= 15 is 0 Å². The van der Waals surface area contributed by atoms with Gasteiger partial charge in [0.25, 0.3) is 0 Å². The molecule has 0 heterocycles. The Morgan fingerprint density at radius 3 is 2.28 bits per heavy atom. The molecule has 4 aliphatic rings. The first-order valence-corrected chi connectivity index (χ1v) is 15.0. The highest BCUT2D eigenvalue weighted by molar-refractivity contribution is 6.74. The van der Waals surface area contributed by atoms with E-state index in [-0.39, 0.29) is 10.5 Å². The third-order valence-corrected chi connectivity index (χ3v) is 15.0. The van der Waals surface area contributed by atoms with Gasteiger partial charge in [-0.15, -0.1) is 0 Å². The zero-order valence-electron chi connectivity index (χ0n) is 20.6. The van der Waals surface area contributed by atoms with Gasteiger partial charge in [-0.3, -0.25) is 4.79 Å². The quantitative estimate of drug-likeness (QED) is 0.459. The Bertz CT molecular complexity index is 742. The van der Waals surface area contributed by atoms with Gasteiger partial charge in [0.2, 0.25) is 0 Å². The largest absolute Gasteiger partial charge is 0.413 e. The van der Waals surface area contributed by atoms with Crippen LogP contribution in [0.1, 0.15) is 74.7 Å². The Kier molecular flexibility index (Phi) is 4.75. The Hall–Kier alpha value is -0.413. The van der Waals surface area contributed by atoms with Crippen LogP contribution in [0.15, 0.2) is 11.6 Å². The van der Waals surface area contributed by atoms with E-state index in [4.69, 9.17) is 4.43 Å². The van der Waals surface area contributed by atoms with Crippen LogP contribution in [0.25, 0.3) is 0 Å². The molecule has 0 unspecified atom stereocenters. The van der Waals surface area contributed by atoms with Gasteiger partial charge in [-0.1, -0.05) is 61.0 Å². The summed E-state index contributed by atoms with van der Waals surface area (Å²) < 4.78 is 7.33. The van der Waals surface area contributed by atoms with Crippen LogP contribution in [0.4, 0.5) is 0 Å². The highest BCUT2D eigenvalue weighted by atomic mass is 28.4. The minimum atomic E-state index is -1.88. The van der Waals surface area contributed by atoms with Gasteiger partial charge in [-0.05, 0) is 83.4 Å². The van der Waals surface area contributed by atoms with Crippen LogP contribution < -0.4 is 0 Å². The molecule has 4 aliphatic carbocycles. The summed E-state index contributed by atoms with van der Waals surface area (Å²) in [5, 5.41) is 0.222. The van der Waals surface area contributed by atoms with E-state index < -0.39 is 8.32 Å². The van der Waals surface area contributed by atoms with Gasteiger partial charge in [0.1, 0.15) is 0 Å². The molecule has 0 bridgehead atoms. The van der Waals surface area contributed by atoms with E-state index in [0.717, 1.165) is 24.7 Å². The van der Waals surface area contributed by atoms with E-state index in [0.29, 0.717) is 41.0 Å². The maximum Gasteiger partial charge on any atom is 0.192 e. The van der Waals surface area contributed by atoms with Crippen LogP contribution >= 0.6 is 0 Å². The minimum absolute atomic E-state index is 0.101. The first kappa shape index (κ1) is 21.8. The predicted octanol–water partition coefficient (Wildman–Crippen LogP) is 6.87. The molecule has 0 saturated heterocycles. The van der Waals surface area contributed by atoms with Crippen LogP contribution in [-0.4, -0.2) is 20.2 Å². The molecular formula is C26H44O2Si. The van der Waals surface area contributed by atoms with Crippen molar-refractivity contribution >= 4 is 14.1 Å². The molecule has 164 valence electrons. The number of hydrogen-bond acceptors (Lipinski definition) is 2. The maximum absolute atomic E-state index is 12.5. The summed E-state index contributed by atoms with van der Waals surface area (Å²) >= 11 is 0. The van der Waals surface area contributed by atoms with E-state index in [1.165, 1.54) is 12.0 Å². The smallest absolute Gasteiger partial charge is 0.192 e. The van der Waals surface area contributed by atoms with Crippen LogP contribution in [-0.2, 0) is 9.22 Å². The van der Waals surface area contributed by atoms with Crippen molar-refractivity contribution < 1.29 is 9.22 Å². The Balaban J connectivity index is 1.84. The summed E-state index contributed by atoms with van der Waals surface area (Å²) in [5.74, 6) is 4.03. The molecule has 8 atom stereocenters. The second kappa shape index (κ2) is 6.31. The fourth-order valence-electron chi connectivity index (χ4n) is 7.45. The lowest BCUT2D eigenvalue weighted by Gasteiger charge is -2.52. The van der Waals surface area contributed by atoms with Gasteiger partial charge in [-0.25, -0.2) is 0 Å². The molecule has 0 N–H and O–H groups in total. The summed E-state index contributed by atoms with van der Waals surface area (Å²) in [6, 6.07) is 0. The molecule has 0 aromatic rings. The summed E-state index contributed by atoms with van der Waals surface area (Å²) in [5.41, 5.74) is 2.01. The molecule has 0 aromatic heterocycles. The normalized spacial score (nSPS) is 46.3. The van der Waals surface area contributed by atoms with Crippen molar-refractivity contribution in [1.82, 2.24) is 0 Å². The number of carbonyl (C=O) groups excluding carboxylic acids is 1. The maximum atomic E-state index is 12.5. The lowest BCUT2D eigenvalue weighted by molar-refractivity contribution is -0.114. The molecule has 2 nitrogen and oxygen atoms in total. The number of ketones is 1. The molecular weight excluding hydrogens is 372 g/mol. The molecule has 0 aliphatic heterocycles. The van der Waals surface area contributed by atoms with E-state index in [1.54, 1.807) is 0 Å². The van der Waals surface area contributed by atoms with Gasteiger partial charge < -0.3 is 4.43 Å². The standard InChI is InChI=1S/C26H44O2Si/c1-15-11-17-13-18(27)14-19(17)26(8)16(2)12-20-21(25(20,6)7)22(26)23(15)28-29(9,10)24(3,4)5/h14-17,20-23H,11-13H2,1-10H3/t15-,16-,17-,20-,21+,22-,23-,26-/m1/s1. The van der Waals surface area contributed by atoms with Gasteiger partial charge in [-0.2, -0.15) is 0 Å². The molecule has 29 heavy (non-hydrogen) atoms. The van der Waals surface area contributed by atoms with Crippen molar-refractivity contribution in [2.75, 3.05) is 0 Å². The van der Waals surface area contributed by atoms with Crippen molar-refractivity contribution in [3.05, 3.63) is 11.6 Å². The number of allylic oxidation sites excluding steroid dienone is 2. The second-order valence-corrected chi connectivity index (χ2v) is 18.2. The highest BCUT2D eigenvalue weighted by Gasteiger charge is 2.72. The lowest BCUT2D eigenvalue weighted by Crippen LogP contribution is -2.53. The topological polar surface area (TPSA) is 26.3 Å². The molecule has 0 aromatic carbocycles. The monoisotopic (exact) mass is 416 g/mol. The summed E-state index contributed by atoms with van der Waals surface area (Å²) in [7, 11) is -1.88. The van der Waals surface area contributed by atoms with Crippen molar-refractivity contribution in [3.63, 3.8) is 0 Å². The molecule has 0 amide bonds. The number of carbonyl (C=O) groups is 1. The number of hydrogen-bond donors (Lipinski definition) is 0. The van der Waals surface area contributed by atoms with Crippen molar-refractivity contribution in [3.8, 4) is 0 Å². The molecule has 3 fully saturated rings. The third-order valence-electron chi connectivity index (χ3n) is 10.5. The highest BCUT2D eigenvalue weighted by Crippen LogP contribution is 2.76. The van der Waals surface area contributed by atoms with Crippen molar-refractivity contribution in [1.29, 1.82) is 0 Å². The number of fused-ring (bicyclic) bond motifs is 5. The third kappa shape index (κ3) is 3.00. The minimum Gasteiger partial charge on any atom is -0.413 e. The molecule has 0 radical (unpaired) electrons. The van der Waals surface area contributed by atoms with Gasteiger partial charge in [0.05, 0.1) is 6.10 Å². The van der Waals surface area contributed by atoms with Crippen LogP contribution in [0, 0.1) is 46.3 Å². The predicted molar refractivity (Wildman–Crippen MR) is 123 cm³/mol. The first-order valence-electron chi connectivity index (χ1n) is 12.0. The molecule has 3 heteroatoms. The Morgan fingerprint density at radius 1 is 1.07 bits per heavy atom. The summed E-state index contributed by atoms with van der Waals surface area (Å²) in [6.07, 6.45) is 5.56. The van der Waals surface area contributed by atoms with Crippen molar-refractivity contribution in [2.24, 2.45) is 46.3 Å². The van der Waals surface area contributed by atoms with E-state index in [2.05, 4.69) is 74.6 Å². The Morgan fingerprint density at radius 2 is 1.69 bits per heavy atom. The second-order valence-electron chi connectivity index (χ2n) is 13.4. The van der Waals surface area contributed by atoms with Crippen LogP contribution in [0.3, 0.4) is 0 Å². The summed E-state index contributed by atoms with van der Waals surface area (Å²) in [6.45, 7) is 24.3. The fourth-order valence-corrected chi connectivity index (χ4v) is 8.86. The SMILES string of the molecule is C[C@@H]1C[C@@H]2CC(=O)C=C2[C@]2(C)[C@@H]([C@@H]1O[Si](C)(C)C(C)(C)C)[C@@H]1[C@@H](C[C@H]2C)C1(C)C. The van der Waals surface area contributed by atoms with Crippen LogP contribution in [0.5, 0.6) is 0 Å². The van der Waals surface area contributed by atoms with Gasteiger partial charge in [0.15, 0.2) is 14.1 Å². The average molecular weight is 417 g/mol. The Labute approximate surface area is 180 Å². The first-order chi connectivity index (χ1) is 13.1. The zero-order chi connectivity index (χ0) is 21.7. The van der Waals surface area contributed by atoms with Gasteiger partial charge in [0, 0.05) is 6.42 Å². The average Bonchev–Trinajstić information content (AvgIpc) is 2.93. The summed E-state index contributed by atoms with van der Waals surface area (Å²) in [4.78, 5) is 12.5. The molecule has 0 spiro atoms. The van der Waals surface area contributed by atoms with Crippen LogP contribution in [0.2, 0.25) is 18.1 Å². The number of rotatable bonds is 2. The zero-order valence-corrected chi connectivity index (χ0v) is 21.6. The van der Waals surface area contributed by atoms with E-state index in [9.17, 15) is 4.79 Å². The molecule has 4 rings (SSSR count). The van der Waals surface area contributed by atoms with E-state index in [1.807, 2.05) is 0 Å². The molecule has 3 saturated carbocycles. The fraction of sp³-hybridized carbons (Fsp3) is 0.885. The van der Waals surface area contributed by atoms with Crippen molar-refractivity contribution in [2.45, 2.75) is 98.9 Å². The van der Waals surface area contributed by atoms with Gasteiger partial charge >= 0.3 is 0 Å². The lowest BCUT2D eigenvalue weighted by atomic mass is 9.56.